The lowest BCUT2D eigenvalue weighted by atomic mass is 9.90. The third-order valence-corrected chi connectivity index (χ3v) is 7.80. The maximum atomic E-state index is 12.0. The van der Waals surface area contributed by atoms with E-state index in [1.807, 2.05) is 56.5 Å². The number of hydrogen-bond donors (Lipinski definition) is 1. The minimum atomic E-state index is 0.122. The smallest absolute Gasteiger partial charge is 0.246 e. The van der Waals surface area contributed by atoms with Gasteiger partial charge in [-0.1, -0.05) is 6.08 Å². The fourth-order valence-corrected chi connectivity index (χ4v) is 5.69. The molecule has 0 bridgehead atoms. The van der Waals surface area contributed by atoms with Crippen molar-refractivity contribution in [3.63, 3.8) is 0 Å². The van der Waals surface area contributed by atoms with Crippen molar-refractivity contribution in [1.29, 1.82) is 0 Å². The molecule has 37 heavy (non-hydrogen) atoms. The van der Waals surface area contributed by atoms with Gasteiger partial charge in [0.1, 0.15) is 12.4 Å². The molecule has 3 aliphatic rings. The molecular formula is C28H33N7O2. The third-order valence-electron chi connectivity index (χ3n) is 7.80. The number of aromatic nitrogens is 4. The average Bonchev–Trinajstić information content (AvgIpc) is 3.19. The topological polar surface area (TPSA) is 88.4 Å². The Bertz CT molecular complexity index is 1350. The van der Waals surface area contributed by atoms with Crippen LogP contribution in [0.2, 0.25) is 0 Å². The summed E-state index contributed by atoms with van der Waals surface area (Å²) in [7, 11) is 1.92. The fourth-order valence-electron chi connectivity index (χ4n) is 5.69. The molecule has 9 heteroatoms. The van der Waals surface area contributed by atoms with E-state index in [-0.39, 0.29) is 5.91 Å². The summed E-state index contributed by atoms with van der Waals surface area (Å²) in [5.41, 5.74) is 6.06. The molecule has 6 rings (SSSR count). The first-order chi connectivity index (χ1) is 18.0. The number of likely N-dealkylation sites (tertiary alicyclic amines) is 2. The highest BCUT2D eigenvalue weighted by molar-refractivity contribution is 5.88. The number of anilines is 2. The summed E-state index contributed by atoms with van der Waals surface area (Å²) in [6.07, 6.45) is 11.3. The summed E-state index contributed by atoms with van der Waals surface area (Å²) >= 11 is 0. The number of piperidine rings is 1. The first kappa shape index (κ1) is 23.7. The van der Waals surface area contributed by atoms with Crippen LogP contribution in [0.15, 0.2) is 42.9 Å². The maximum absolute atomic E-state index is 12.0. The van der Waals surface area contributed by atoms with Gasteiger partial charge in [0.25, 0.3) is 0 Å². The van der Waals surface area contributed by atoms with E-state index in [4.69, 9.17) is 9.72 Å². The van der Waals surface area contributed by atoms with Crippen LogP contribution < -0.4 is 10.1 Å². The van der Waals surface area contributed by atoms with Crippen LogP contribution in [0.3, 0.4) is 0 Å². The Morgan fingerprint density at radius 2 is 2.05 bits per heavy atom. The van der Waals surface area contributed by atoms with Gasteiger partial charge >= 0.3 is 0 Å². The van der Waals surface area contributed by atoms with E-state index in [1.54, 1.807) is 10.8 Å². The molecular weight excluding hydrogens is 466 g/mol. The molecule has 0 spiro atoms. The normalized spacial score (nSPS) is 18.5. The van der Waals surface area contributed by atoms with Crippen molar-refractivity contribution in [3.05, 3.63) is 59.8 Å². The standard InChI is InChI=1S/C28H33N7O2/c1-4-5-26(36)35-15-21(16-35)34-10-7-19(8-11-34)24-12-25-27(18(2)31-24)37-17-23-22(6-9-29-28(23)32-25)20-13-30-33(3)14-20/h4-6,9,12-14,19,21H,7-8,10-11,15-17H2,1-3H3,(H,29,32)/b5-4+. The zero-order valence-electron chi connectivity index (χ0n) is 21.6. The van der Waals surface area contributed by atoms with Crippen LogP contribution in [0.5, 0.6) is 5.75 Å². The number of aryl methyl sites for hydroxylation is 2. The van der Waals surface area contributed by atoms with Crippen molar-refractivity contribution < 1.29 is 9.53 Å². The third kappa shape index (κ3) is 4.48. The van der Waals surface area contributed by atoms with Crippen molar-refractivity contribution in [3.8, 4) is 16.9 Å². The van der Waals surface area contributed by atoms with Gasteiger partial charge in [-0.15, -0.1) is 0 Å². The number of nitrogens with zero attached hydrogens (tertiary/aromatic N) is 6. The van der Waals surface area contributed by atoms with Gasteiger partial charge in [-0.3, -0.25) is 19.4 Å². The minimum Gasteiger partial charge on any atom is -0.485 e. The summed E-state index contributed by atoms with van der Waals surface area (Å²) in [6.45, 7) is 8.05. The Labute approximate surface area is 217 Å². The zero-order chi connectivity index (χ0) is 25.5. The van der Waals surface area contributed by atoms with Crippen molar-refractivity contribution in [2.75, 3.05) is 31.5 Å². The van der Waals surface area contributed by atoms with E-state index in [0.717, 1.165) is 84.4 Å². The van der Waals surface area contributed by atoms with Crippen LogP contribution in [0.4, 0.5) is 11.5 Å². The molecule has 6 heterocycles. The second-order valence-corrected chi connectivity index (χ2v) is 10.2. The van der Waals surface area contributed by atoms with Crippen LogP contribution in [-0.2, 0) is 18.4 Å². The van der Waals surface area contributed by atoms with Crippen LogP contribution in [-0.4, -0.2) is 67.7 Å². The molecule has 0 aliphatic carbocycles. The lowest BCUT2D eigenvalue weighted by Gasteiger charge is -2.47. The zero-order valence-corrected chi connectivity index (χ0v) is 21.6. The summed E-state index contributed by atoms with van der Waals surface area (Å²) in [6, 6.07) is 4.64. The number of hydrogen-bond acceptors (Lipinski definition) is 7. The highest BCUT2D eigenvalue weighted by Crippen LogP contribution is 2.40. The van der Waals surface area contributed by atoms with Gasteiger partial charge in [0, 0.05) is 61.3 Å². The largest absolute Gasteiger partial charge is 0.485 e. The summed E-state index contributed by atoms with van der Waals surface area (Å²) < 4.78 is 8.10. The number of allylic oxidation sites excluding steroid dienone is 1. The number of amides is 1. The fraction of sp³-hybridized carbons (Fsp3) is 0.429. The lowest BCUT2D eigenvalue weighted by molar-refractivity contribution is -0.133. The van der Waals surface area contributed by atoms with Gasteiger partial charge in [0.2, 0.25) is 5.91 Å². The number of carbonyl (C=O) groups is 1. The predicted molar refractivity (Wildman–Crippen MR) is 142 cm³/mol. The molecule has 3 aliphatic heterocycles. The Kier molecular flexibility index (Phi) is 6.16. The van der Waals surface area contributed by atoms with E-state index in [9.17, 15) is 4.79 Å². The monoisotopic (exact) mass is 499 g/mol. The Balaban J connectivity index is 1.16. The number of rotatable bonds is 4. The van der Waals surface area contributed by atoms with Crippen LogP contribution in [0, 0.1) is 6.92 Å². The van der Waals surface area contributed by atoms with Crippen molar-refractivity contribution in [2.24, 2.45) is 7.05 Å². The van der Waals surface area contributed by atoms with E-state index >= 15 is 0 Å². The van der Waals surface area contributed by atoms with Crippen molar-refractivity contribution in [1.82, 2.24) is 29.5 Å². The number of fused-ring (bicyclic) bond motifs is 2. The highest BCUT2D eigenvalue weighted by Gasteiger charge is 2.36. The number of ether oxygens (including phenoxy) is 1. The number of nitrogens with one attached hydrogen (secondary N) is 1. The van der Waals surface area contributed by atoms with E-state index in [1.165, 1.54) is 0 Å². The molecule has 1 N–H and O–H groups in total. The molecule has 0 atom stereocenters. The molecule has 1 amide bonds. The first-order valence-corrected chi connectivity index (χ1v) is 13.0. The van der Waals surface area contributed by atoms with Crippen LogP contribution in [0.25, 0.3) is 11.1 Å². The van der Waals surface area contributed by atoms with Gasteiger partial charge < -0.3 is 15.0 Å². The van der Waals surface area contributed by atoms with Crippen LogP contribution >= 0.6 is 0 Å². The quantitative estimate of drug-likeness (QED) is 0.547. The van der Waals surface area contributed by atoms with E-state index < -0.39 is 0 Å². The molecule has 3 aromatic rings. The molecule has 0 radical (unpaired) electrons. The molecule has 2 saturated heterocycles. The molecule has 0 unspecified atom stereocenters. The summed E-state index contributed by atoms with van der Waals surface area (Å²) in [5.74, 6) is 2.13. The molecule has 9 nitrogen and oxygen atoms in total. The Morgan fingerprint density at radius 3 is 2.78 bits per heavy atom. The van der Waals surface area contributed by atoms with E-state index in [0.29, 0.717) is 18.6 Å². The van der Waals surface area contributed by atoms with Gasteiger partial charge in [-0.05, 0) is 63.6 Å². The highest BCUT2D eigenvalue weighted by atomic mass is 16.5. The molecule has 2 fully saturated rings. The summed E-state index contributed by atoms with van der Waals surface area (Å²) in [5, 5.41) is 7.88. The lowest BCUT2D eigenvalue weighted by Crippen LogP contribution is -2.61. The average molecular weight is 500 g/mol. The van der Waals surface area contributed by atoms with Crippen molar-refractivity contribution >= 4 is 17.4 Å². The second kappa shape index (κ2) is 9.63. The Hall–Kier alpha value is -3.72. The van der Waals surface area contributed by atoms with Gasteiger partial charge in [-0.25, -0.2) is 4.98 Å². The van der Waals surface area contributed by atoms with Gasteiger partial charge in [0.15, 0.2) is 5.75 Å². The first-order valence-electron chi connectivity index (χ1n) is 13.0. The van der Waals surface area contributed by atoms with Crippen molar-refractivity contribution in [2.45, 2.75) is 45.3 Å². The number of pyridine rings is 2. The van der Waals surface area contributed by atoms with E-state index in [2.05, 4.69) is 26.4 Å². The number of carbonyl (C=O) groups excluding carboxylic acids is 1. The molecule has 192 valence electrons. The van der Waals surface area contributed by atoms with Gasteiger partial charge in [-0.2, -0.15) is 5.10 Å². The molecule has 3 aromatic heterocycles. The Morgan fingerprint density at radius 1 is 1.24 bits per heavy atom. The predicted octanol–water partition coefficient (Wildman–Crippen LogP) is 3.79. The second-order valence-electron chi connectivity index (χ2n) is 10.2. The summed E-state index contributed by atoms with van der Waals surface area (Å²) in [4.78, 5) is 26.1. The van der Waals surface area contributed by atoms with Crippen LogP contribution in [0.1, 0.15) is 42.6 Å². The molecule has 0 saturated carbocycles. The molecule has 0 aromatic carbocycles. The minimum absolute atomic E-state index is 0.122. The van der Waals surface area contributed by atoms with Gasteiger partial charge in [0.05, 0.1) is 17.6 Å². The maximum Gasteiger partial charge on any atom is 0.246 e. The SMILES string of the molecule is C/C=C/C(=O)N1CC(N2CCC(c3cc4c(c(C)n3)OCc3c(-c5cnn(C)c5)ccnc3N4)CC2)C1.